The Morgan fingerprint density at radius 1 is 0.519 bits per heavy atom. The predicted octanol–water partition coefficient (Wildman–Crippen LogP) is 4.56. The zero-order chi connectivity index (χ0) is 19.4. The van der Waals surface area contributed by atoms with Crippen molar-refractivity contribution in [1.29, 1.82) is 0 Å². The Hall–Kier alpha value is -2.71. The minimum Gasteiger partial charge on any atom is -0.496 e. The molecular weight excluding hydrogens is 359 g/mol. The van der Waals surface area contributed by atoms with E-state index in [4.69, 9.17) is 18.9 Å². The summed E-state index contributed by atoms with van der Waals surface area (Å²) in [6.45, 7) is 0. The molecular formula is C22H23O4P. The Morgan fingerprint density at radius 2 is 0.815 bits per heavy atom. The molecule has 0 N–H and O–H groups in total. The minimum absolute atomic E-state index is 0.752. The van der Waals surface area contributed by atoms with E-state index in [9.17, 15) is 0 Å². The van der Waals surface area contributed by atoms with Crippen molar-refractivity contribution in [1.82, 2.24) is 0 Å². The van der Waals surface area contributed by atoms with E-state index in [0.29, 0.717) is 0 Å². The molecule has 3 rings (SSSR count). The largest absolute Gasteiger partial charge is 0.496 e. The third-order valence-electron chi connectivity index (χ3n) is 4.50. The lowest BCUT2D eigenvalue weighted by molar-refractivity contribution is 0.397. The summed E-state index contributed by atoms with van der Waals surface area (Å²) in [6, 6.07) is 17.7. The van der Waals surface area contributed by atoms with Crippen molar-refractivity contribution in [2.75, 3.05) is 28.4 Å². The Morgan fingerprint density at radius 3 is 1.11 bits per heavy atom. The maximum Gasteiger partial charge on any atom is 0.130 e. The molecule has 1 atom stereocenters. The molecule has 0 spiro atoms. The van der Waals surface area contributed by atoms with Gasteiger partial charge in [0.1, 0.15) is 23.0 Å². The highest BCUT2D eigenvalue weighted by Gasteiger charge is 2.20. The molecule has 3 aromatic rings. The first-order valence-electron chi connectivity index (χ1n) is 8.47. The molecule has 0 aliphatic rings. The van der Waals surface area contributed by atoms with Crippen LogP contribution in [0.4, 0.5) is 0 Å². The van der Waals surface area contributed by atoms with Gasteiger partial charge in [-0.3, -0.25) is 0 Å². The molecule has 0 heterocycles. The first-order valence-corrected chi connectivity index (χ1v) is 9.05. The van der Waals surface area contributed by atoms with Crippen molar-refractivity contribution in [3.05, 3.63) is 54.6 Å². The topological polar surface area (TPSA) is 36.9 Å². The van der Waals surface area contributed by atoms with Crippen LogP contribution in [-0.2, 0) is 0 Å². The Labute approximate surface area is 162 Å². The lowest BCUT2D eigenvalue weighted by Crippen LogP contribution is -2.06. The van der Waals surface area contributed by atoms with Gasteiger partial charge in [0, 0.05) is 0 Å². The van der Waals surface area contributed by atoms with Crippen LogP contribution in [0.5, 0.6) is 23.0 Å². The number of hydrogen-bond acceptors (Lipinski definition) is 4. The Kier molecular flexibility index (Phi) is 5.88. The lowest BCUT2D eigenvalue weighted by atomic mass is 9.96. The highest BCUT2D eigenvalue weighted by atomic mass is 31.0. The third kappa shape index (κ3) is 3.45. The van der Waals surface area contributed by atoms with Crippen LogP contribution in [0, 0.1) is 0 Å². The normalized spacial score (nSPS) is 10.4. The number of hydrogen-bond donors (Lipinski definition) is 0. The first-order chi connectivity index (χ1) is 13.2. The van der Waals surface area contributed by atoms with E-state index in [0.717, 1.165) is 50.6 Å². The van der Waals surface area contributed by atoms with Crippen LogP contribution in [-0.4, -0.2) is 28.4 Å². The maximum absolute atomic E-state index is 5.59. The Bertz CT molecular complexity index is 835. The van der Waals surface area contributed by atoms with Gasteiger partial charge in [0.05, 0.1) is 39.6 Å². The van der Waals surface area contributed by atoms with E-state index in [1.807, 2.05) is 54.6 Å². The average molecular weight is 382 g/mol. The maximum atomic E-state index is 5.59. The summed E-state index contributed by atoms with van der Waals surface area (Å²) in [4.78, 5) is 0. The molecule has 0 saturated heterocycles. The van der Waals surface area contributed by atoms with Gasteiger partial charge in [0.2, 0.25) is 0 Å². The van der Waals surface area contributed by atoms with Gasteiger partial charge in [0.25, 0.3) is 0 Å². The van der Waals surface area contributed by atoms with Crippen molar-refractivity contribution in [2.24, 2.45) is 0 Å². The molecule has 0 aliphatic carbocycles. The van der Waals surface area contributed by atoms with Crippen LogP contribution >= 0.6 is 9.24 Å². The molecule has 5 heteroatoms. The van der Waals surface area contributed by atoms with E-state index >= 15 is 0 Å². The van der Waals surface area contributed by atoms with Crippen molar-refractivity contribution in [2.45, 2.75) is 0 Å². The lowest BCUT2D eigenvalue weighted by Gasteiger charge is -2.19. The summed E-state index contributed by atoms with van der Waals surface area (Å²) < 4.78 is 22.4. The van der Waals surface area contributed by atoms with Crippen LogP contribution in [0.2, 0.25) is 0 Å². The molecule has 0 aliphatic heterocycles. The van der Waals surface area contributed by atoms with Crippen LogP contribution in [0.15, 0.2) is 54.6 Å². The van der Waals surface area contributed by atoms with Gasteiger partial charge in [-0.2, -0.15) is 0 Å². The third-order valence-corrected chi connectivity index (χ3v) is 5.12. The van der Waals surface area contributed by atoms with Crippen molar-refractivity contribution < 1.29 is 18.9 Å². The second kappa shape index (κ2) is 8.32. The second-order valence-corrected chi connectivity index (χ2v) is 6.42. The Balaban J connectivity index is 2.30. The quantitative estimate of drug-likeness (QED) is 0.586. The fourth-order valence-corrected chi connectivity index (χ4v) is 3.72. The molecule has 3 aromatic carbocycles. The number of rotatable bonds is 6. The SMILES string of the molecule is COc1cccc(OC)c1-c1cccc(-c2c(OC)cccc2OC)c1P. The van der Waals surface area contributed by atoms with Gasteiger partial charge in [0.15, 0.2) is 0 Å². The summed E-state index contributed by atoms with van der Waals surface area (Å²) in [7, 11) is 9.48. The summed E-state index contributed by atoms with van der Waals surface area (Å²) >= 11 is 0. The van der Waals surface area contributed by atoms with Gasteiger partial charge >= 0.3 is 0 Å². The minimum atomic E-state index is 0.752. The average Bonchev–Trinajstić information content (AvgIpc) is 2.72. The fraction of sp³-hybridized carbons (Fsp3) is 0.182. The van der Waals surface area contributed by atoms with Crippen LogP contribution < -0.4 is 24.3 Å². The van der Waals surface area contributed by atoms with Gasteiger partial charge in [-0.15, -0.1) is 9.24 Å². The van der Waals surface area contributed by atoms with Crippen molar-refractivity contribution in [3.63, 3.8) is 0 Å². The molecule has 0 fully saturated rings. The van der Waals surface area contributed by atoms with Gasteiger partial charge in [-0.25, -0.2) is 0 Å². The molecule has 0 aromatic heterocycles. The fourth-order valence-electron chi connectivity index (χ4n) is 3.23. The molecule has 0 radical (unpaired) electrons. The molecule has 4 nitrogen and oxygen atoms in total. The molecule has 140 valence electrons. The van der Waals surface area contributed by atoms with Crippen molar-refractivity contribution >= 4 is 14.5 Å². The molecule has 1 unspecified atom stereocenters. The van der Waals surface area contributed by atoms with E-state index in [1.54, 1.807) is 28.4 Å². The number of benzene rings is 3. The summed E-state index contributed by atoms with van der Waals surface area (Å²) in [5.41, 5.74) is 3.81. The van der Waals surface area contributed by atoms with E-state index in [1.165, 1.54) is 0 Å². The van der Waals surface area contributed by atoms with E-state index in [2.05, 4.69) is 9.24 Å². The molecule has 27 heavy (non-hydrogen) atoms. The summed E-state index contributed by atoms with van der Waals surface area (Å²) in [5.74, 6) is 3.01. The molecule has 0 saturated carbocycles. The smallest absolute Gasteiger partial charge is 0.130 e. The standard InChI is InChI=1S/C22H23O4P/c1-23-16-10-6-11-17(24-2)20(16)14-8-5-9-15(22(14)27)21-18(25-3)12-7-13-19(21)26-4/h5-13H,27H2,1-4H3. The van der Waals surface area contributed by atoms with E-state index in [-0.39, 0.29) is 0 Å². The molecule has 0 amide bonds. The molecule has 0 bridgehead atoms. The van der Waals surface area contributed by atoms with Crippen LogP contribution in [0.3, 0.4) is 0 Å². The highest BCUT2D eigenvalue weighted by molar-refractivity contribution is 7.28. The van der Waals surface area contributed by atoms with Gasteiger partial charge < -0.3 is 18.9 Å². The first kappa shape index (κ1) is 19.1. The van der Waals surface area contributed by atoms with Crippen LogP contribution in [0.25, 0.3) is 22.3 Å². The zero-order valence-electron chi connectivity index (χ0n) is 15.9. The van der Waals surface area contributed by atoms with Gasteiger partial charge in [-0.05, 0) is 40.7 Å². The second-order valence-electron chi connectivity index (χ2n) is 5.84. The number of methoxy groups -OCH3 is 4. The summed E-state index contributed by atoms with van der Waals surface area (Å²) in [6.07, 6.45) is 0. The zero-order valence-corrected chi connectivity index (χ0v) is 17.1. The predicted molar refractivity (Wildman–Crippen MR) is 113 cm³/mol. The van der Waals surface area contributed by atoms with E-state index < -0.39 is 0 Å². The van der Waals surface area contributed by atoms with Crippen LogP contribution in [0.1, 0.15) is 0 Å². The van der Waals surface area contributed by atoms with Crippen molar-refractivity contribution in [3.8, 4) is 45.3 Å². The van der Waals surface area contributed by atoms with Gasteiger partial charge in [-0.1, -0.05) is 30.3 Å². The monoisotopic (exact) mass is 382 g/mol. The summed E-state index contributed by atoms with van der Waals surface area (Å²) in [5, 5.41) is 1.00. The number of ether oxygens (including phenoxy) is 4. The highest BCUT2D eigenvalue weighted by Crippen LogP contribution is 2.42.